The molecule has 4 aliphatic rings. The van der Waals surface area contributed by atoms with Gasteiger partial charge in [-0.1, -0.05) is 0 Å². The van der Waals surface area contributed by atoms with Crippen LogP contribution in [-0.2, 0) is 18.9 Å². The van der Waals surface area contributed by atoms with E-state index in [1.54, 1.807) is 6.92 Å². The third kappa shape index (κ3) is 2.37. The second-order valence-corrected chi connectivity index (χ2v) is 7.00. The topological polar surface area (TPSA) is 162 Å². The van der Waals surface area contributed by atoms with Crippen LogP contribution in [0, 0.1) is 5.92 Å². The maximum Gasteiger partial charge on any atom is 0.210 e. The van der Waals surface area contributed by atoms with Crippen molar-refractivity contribution in [3.05, 3.63) is 11.8 Å². The second kappa shape index (κ2) is 5.84. The Balaban J connectivity index is 1.55. The fraction of sp³-hybridized carbons (Fsp3) is 0.867. The molecule has 0 aromatic carbocycles. The number of rotatable bonds is 3. The van der Waals surface area contributed by atoms with Crippen LogP contribution in [0.3, 0.4) is 0 Å². The summed E-state index contributed by atoms with van der Waals surface area (Å²) in [6, 6.07) is 0. The predicted octanol–water partition coefficient (Wildman–Crippen LogP) is -3.45. The van der Waals surface area contributed by atoms with Gasteiger partial charge in [0.1, 0.15) is 42.2 Å². The number of ether oxygens (including phenoxy) is 4. The van der Waals surface area contributed by atoms with E-state index >= 15 is 0 Å². The van der Waals surface area contributed by atoms with E-state index in [0.29, 0.717) is 5.57 Å². The van der Waals surface area contributed by atoms with Crippen molar-refractivity contribution in [1.82, 2.24) is 0 Å². The molecular weight excluding hydrogens is 340 g/mol. The van der Waals surface area contributed by atoms with Crippen LogP contribution >= 0.6 is 0 Å². The lowest BCUT2D eigenvalue weighted by Gasteiger charge is -2.45. The van der Waals surface area contributed by atoms with Gasteiger partial charge in [-0.25, -0.2) is 0 Å². The van der Waals surface area contributed by atoms with Gasteiger partial charge >= 0.3 is 0 Å². The molecular formula is C15H22O10. The van der Waals surface area contributed by atoms with Crippen molar-refractivity contribution in [2.24, 2.45) is 5.92 Å². The predicted molar refractivity (Wildman–Crippen MR) is 76.6 cm³/mol. The van der Waals surface area contributed by atoms with Gasteiger partial charge in [0.15, 0.2) is 6.29 Å². The van der Waals surface area contributed by atoms with Crippen LogP contribution in [0.4, 0.5) is 0 Å². The number of hydrogen-bond acceptors (Lipinski definition) is 10. The number of aliphatic hydroxyl groups is 6. The maximum atomic E-state index is 10.9. The molecule has 25 heavy (non-hydrogen) atoms. The fourth-order valence-corrected chi connectivity index (χ4v) is 4.01. The molecule has 3 fully saturated rings. The minimum atomic E-state index is -1.59. The van der Waals surface area contributed by atoms with Crippen molar-refractivity contribution < 1.29 is 49.6 Å². The van der Waals surface area contributed by atoms with Crippen LogP contribution in [-0.4, -0.2) is 98.2 Å². The summed E-state index contributed by atoms with van der Waals surface area (Å²) in [5.74, 6) is -0.759. The zero-order valence-corrected chi connectivity index (χ0v) is 13.4. The number of fused-ring (bicyclic) bond motifs is 3. The molecule has 4 rings (SSSR count). The highest BCUT2D eigenvalue weighted by molar-refractivity contribution is 5.31. The van der Waals surface area contributed by atoms with Gasteiger partial charge in [-0.2, -0.15) is 0 Å². The van der Waals surface area contributed by atoms with E-state index in [2.05, 4.69) is 0 Å². The highest BCUT2D eigenvalue weighted by Crippen LogP contribution is 2.56. The summed E-state index contributed by atoms with van der Waals surface area (Å²) >= 11 is 0. The minimum absolute atomic E-state index is 0.425. The molecule has 0 aromatic heterocycles. The van der Waals surface area contributed by atoms with E-state index in [9.17, 15) is 30.6 Å². The van der Waals surface area contributed by atoms with E-state index in [-0.39, 0.29) is 0 Å². The molecule has 10 heteroatoms. The summed E-state index contributed by atoms with van der Waals surface area (Å²) in [6.45, 7) is 1.03. The first-order valence-electron chi connectivity index (χ1n) is 8.15. The van der Waals surface area contributed by atoms with E-state index < -0.39 is 73.4 Å². The first-order valence-corrected chi connectivity index (χ1v) is 8.15. The van der Waals surface area contributed by atoms with Gasteiger partial charge in [-0.05, 0) is 12.5 Å². The Morgan fingerprint density at radius 3 is 2.44 bits per heavy atom. The highest BCUT2D eigenvalue weighted by Gasteiger charge is 2.73. The largest absolute Gasteiger partial charge is 0.472 e. The molecule has 0 bridgehead atoms. The van der Waals surface area contributed by atoms with Crippen molar-refractivity contribution in [3.8, 4) is 0 Å². The first kappa shape index (κ1) is 17.6. The van der Waals surface area contributed by atoms with Crippen molar-refractivity contribution in [2.75, 3.05) is 6.61 Å². The molecule has 3 heterocycles. The summed E-state index contributed by atoms with van der Waals surface area (Å²) in [4.78, 5) is 0. The minimum Gasteiger partial charge on any atom is -0.472 e. The van der Waals surface area contributed by atoms with Crippen LogP contribution in [0.5, 0.6) is 0 Å². The Hall–Kier alpha value is -0.820. The average molecular weight is 362 g/mol. The SMILES string of the molecule is CC1=CO[C@@H](O[C@@H]2O[C@H](CO)[C@@H](O)[C@H](O)[C@@H]2O)[C@@H]2[C@H]3O[C@H]3[C@@H](O)[C@]12O. The van der Waals surface area contributed by atoms with E-state index in [4.69, 9.17) is 18.9 Å². The van der Waals surface area contributed by atoms with Gasteiger partial charge in [-0.15, -0.1) is 0 Å². The molecule has 0 spiro atoms. The highest BCUT2D eigenvalue weighted by atomic mass is 16.8. The summed E-state index contributed by atoms with van der Waals surface area (Å²) in [7, 11) is 0. The fourth-order valence-electron chi connectivity index (χ4n) is 4.01. The summed E-state index contributed by atoms with van der Waals surface area (Å²) in [6.07, 6.45) is -9.22. The Bertz CT molecular complexity index is 567. The molecule has 3 aliphatic heterocycles. The molecule has 1 saturated carbocycles. The molecule has 2 saturated heterocycles. The van der Waals surface area contributed by atoms with Crippen LogP contribution in [0.15, 0.2) is 11.8 Å². The normalized spacial score (nSPS) is 57.3. The number of aliphatic hydroxyl groups excluding tert-OH is 5. The molecule has 142 valence electrons. The van der Waals surface area contributed by atoms with E-state index in [1.165, 1.54) is 6.26 Å². The lowest BCUT2D eigenvalue weighted by molar-refractivity contribution is -0.348. The molecule has 0 unspecified atom stereocenters. The van der Waals surface area contributed by atoms with Crippen molar-refractivity contribution >= 4 is 0 Å². The van der Waals surface area contributed by atoms with Crippen molar-refractivity contribution in [2.45, 2.75) is 67.8 Å². The maximum absolute atomic E-state index is 10.9. The van der Waals surface area contributed by atoms with E-state index in [1.807, 2.05) is 0 Å². The Labute approximate surface area is 142 Å². The third-order valence-corrected chi connectivity index (χ3v) is 5.61. The van der Waals surface area contributed by atoms with Crippen LogP contribution in [0.2, 0.25) is 0 Å². The standard InChI is InChI=1S/C15H22O10/c1-4-3-22-13(6-10-11(24-10)12(20)15(4,6)21)25-14-9(19)8(18)7(17)5(2-16)23-14/h3,5-14,16-21H,2H2,1H3/t5-,6+,7-,8+,9+,10-,11-,12-,13+,14+,15+/m1/s1. The third-order valence-electron chi connectivity index (χ3n) is 5.61. The summed E-state index contributed by atoms with van der Waals surface area (Å²) in [5.41, 5.74) is -1.17. The second-order valence-electron chi connectivity index (χ2n) is 7.00. The van der Waals surface area contributed by atoms with Crippen LogP contribution in [0.1, 0.15) is 6.92 Å². The van der Waals surface area contributed by atoms with Crippen molar-refractivity contribution in [3.63, 3.8) is 0 Å². The lowest BCUT2D eigenvalue weighted by Crippen LogP contribution is -2.61. The monoisotopic (exact) mass is 362 g/mol. The Kier molecular flexibility index (Phi) is 4.11. The summed E-state index contributed by atoms with van der Waals surface area (Å²) < 4.78 is 21.7. The van der Waals surface area contributed by atoms with Crippen LogP contribution in [0.25, 0.3) is 0 Å². The van der Waals surface area contributed by atoms with Crippen molar-refractivity contribution in [1.29, 1.82) is 0 Å². The molecule has 10 nitrogen and oxygen atoms in total. The summed E-state index contributed by atoms with van der Waals surface area (Å²) in [5, 5.41) is 60.2. The zero-order valence-electron chi connectivity index (χ0n) is 13.4. The van der Waals surface area contributed by atoms with Gasteiger partial charge < -0.3 is 49.6 Å². The smallest absolute Gasteiger partial charge is 0.210 e. The first-order chi connectivity index (χ1) is 11.8. The van der Waals surface area contributed by atoms with Gasteiger partial charge in [0.05, 0.1) is 24.9 Å². The van der Waals surface area contributed by atoms with Gasteiger partial charge in [0.25, 0.3) is 0 Å². The van der Waals surface area contributed by atoms with Gasteiger partial charge in [0.2, 0.25) is 6.29 Å². The number of epoxide rings is 1. The Morgan fingerprint density at radius 2 is 1.76 bits per heavy atom. The lowest BCUT2D eigenvalue weighted by atomic mass is 9.80. The average Bonchev–Trinajstić information content (AvgIpc) is 3.33. The molecule has 1 aliphatic carbocycles. The molecule has 0 amide bonds. The quantitative estimate of drug-likeness (QED) is 0.278. The van der Waals surface area contributed by atoms with E-state index in [0.717, 1.165) is 0 Å². The van der Waals surface area contributed by atoms with Gasteiger partial charge in [-0.3, -0.25) is 0 Å². The van der Waals surface area contributed by atoms with Gasteiger partial charge in [0, 0.05) is 0 Å². The number of hydrogen-bond donors (Lipinski definition) is 6. The van der Waals surface area contributed by atoms with Crippen LogP contribution < -0.4 is 0 Å². The zero-order chi connectivity index (χ0) is 18.1. The molecule has 11 atom stereocenters. The molecule has 6 N–H and O–H groups in total. The molecule has 0 aromatic rings. The Morgan fingerprint density at radius 1 is 1.04 bits per heavy atom. The molecule has 0 radical (unpaired) electrons.